The Morgan fingerprint density at radius 1 is 1.04 bits per heavy atom. The van der Waals surface area contributed by atoms with Crippen LogP contribution in [0.3, 0.4) is 0 Å². The van der Waals surface area contributed by atoms with Crippen LogP contribution >= 0.6 is 0 Å². The van der Waals surface area contributed by atoms with Gasteiger partial charge in [-0.1, -0.05) is 6.42 Å². The average Bonchev–Trinajstić information content (AvgIpc) is 3.09. The normalized spacial score (nSPS) is 21.4. The van der Waals surface area contributed by atoms with Gasteiger partial charge in [0.15, 0.2) is 5.82 Å². The van der Waals surface area contributed by atoms with Gasteiger partial charge in [-0.2, -0.15) is 0 Å². The highest BCUT2D eigenvalue weighted by atomic mass is 16.5. The number of ether oxygens (including phenoxy) is 1. The predicted octanol–water partition coefficient (Wildman–Crippen LogP) is 1.98. The van der Waals surface area contributed by atoms with Crippen LogP contribution in [-0.2, 0) is 13.6 Å². The predicted molar refractivity (Wildman–Crippen MR) is 103 cm³/mol. The molecule has 0 bridgehead atoms. The summed E-state index contributed by atoms with van der Waals surface area (Å²) in [5.41, 5.74) is 0. The van der Waals surface area contributed by atoms with Gasteiger partial charge in [-0.25, -0.2) is 9.97 Å². The highest BCUT2D eigenvalue weighted by Crippen LogP contribution is 2.31. The molecule has 0 saturated carbocycles. The van der Waals surface area contributed by atoms with E-state index in [-0.39, 0.29) is 0 Å². The number of hydrogen-bond donors (Lipinski definition) is 0. The first-order chi connectivity index (χ1) is 13.3. The molecule has 0 spiro atoms. The second kappa shape index (κ2) is 8.21. The zero-order valence-electron chi connectivity index (χ0n) is 16.3. The van der Waals surface area contributed by atoms with E-state index in [0.29, 0.717) is 11.8 Å². The molecule has 8 nitrogen and oxygen atoms in total. The van der Waals surface area contributed by atoms with Crippen LogP contribution in [0.5, 0.6) is 5.88 Å². The molecule has 0 aromatic carbocycles. The molecular weight excluding hydrogens is 342 g/mol. The summed E-state index contributed by atoms with van der Waals surface area (Å²) in [5.74, 6) is 3.90. The maximum Gasteiger partial charge on any atom is 0.257 e. The first-order valence-electron chi connectivity index (χ1n) is 9.96. The molecule has 4 heterocycles. The second-order valence-corrected chi connectivity index (χ2v) is 7.54. The lowest BCUT2D eigenvalue weighted by Crippen LogP contribution is -2.36. The molecule has 2 saturated heterocycles. The molecule has 0 amide bonds. The smallest absolute Gasteiger partial charge is 0.257 e. The fourth-order valence-electron chi connectivity index (χ4n) is 4.25. The summed E-state index contributed by atoms with van der Waals surface area (Å²) in [6, 6.07) is 0. The Balaban J connectivity index is 1.48. The third-order valence-corrected chi connectivity index (χ3v) is 5.74. The zero-order valence-corrected chi connectivity index (χ0v) is 16.3. The maximum atomic E-state index is 5.40. The van der Waals surface area contributed by atoms with Crippen molar-refractivity contribution in [3.05, 3.63) is 24.0 Å². The largest absolute Gasteiger partial charge is 0.478 e. The van der Waals surface area contributed by atoms with Crippen molar-refractivity contribution >= 4 is 5.82 Å². The van der Waals surface area contributed by atoms with E-state index in [4.69, 9.17) is 4.74 Å². The van der Waals surface area contributed by atoms with Gasteiger partial charge >= 0.3 is 0 Å². The Labute approximate surface area is 160 Å². The highest BCUT2D eigenvalue weighted by molar-refractivity contribution is 5.48. The van der Waals surface area contributed by atoms with Crippen molar-refractivity contribution in [3.63, 3.8) is 0 Å². The maximum absolute atomic E-state index is 5.40. The summed E-state index contributed by atoms with van der Waals surface area (Å²) >= 11 is 0. The highest BCUT2D eigenvalue weighted by Gasteiger charge is 2.28. The summed E-state index contributed by atoms with van der Waals surface area (Å²) < 4.78 is 7.60. The van der Waals surface area contributed by atoms with Crippen molar-refractivity contribution in [3.8, 4) is 5.88 Å². The van der Waals surface area contributed by atoms with E-state index in [9.17, 15) is 0 Å². The summed E-state index contributed by atoms with van der Waals surface area (Å²) in [6.45, 7) is 5.07. The van der Waals surface area contributed by atoms with E-state index < -0.39 is 0 Å². The number of aromatic nitrogens is 5. The Morgan fingerprint density at radius 2 is 1.85 bits per heavy atom. The fraction of sp³-hybridized carbons (Fsp3) is 0.684. The molecule has 2 aromatic heterocycles. The van der Waals surface area contributed by atoms with Crippen LogP contribution in [0.25, 0.3) is 0 Å². The molecule has 146 valence electrons. The van der Waals surface area contributed by atoms with Crippen LogP contribution in [0.15, 0.2) is 12.4 Å². The van der Waals surface area contributed by atoms with Crippen molar-refractivity contribution < 1.29 is 4.74 Å². The van der Waals surface area contributed by atoms with Gasteiger partial charge in [0.25, 0.3) is 5.88 Å². The quantitative estimate of drug-likeness (QED) is 0.796. The lowest BCUT2D eigenvalue weighted by atomic mass is 9.97. The van der Waals surface area contributed by atoms with E-state index >= 15 is 0 Å². The minimum absolute atomic E-state index is 0.345. The van der Waals surface area contributed by atoms with Crippen molar-refractivity contribution in [1.82, 2.24) is 29.6 Å². The Morgan fingerprint density at radius 3 is 2.67 bits per heavy atom. The number of rotatable bonds is 5. The molecule has 0 unspecified atom stereocenters. The topological polar surface area (TPSA) is 72.2 Å². The number of anilines is 1. The van der Waals surface area contributed by atoms with Gasteiger partial charge in [-0.15, -0.1) is 10.2 Å². The number of piperidine rings is 2. The summed E-state index contributed by atoms with van der Waals surface area (Å²) in [7, 11) is 3.75. The van der Waals surface area contributed by atoms with Crippen molar-refractivity contribution in [2.75, 3.05) is 38.2 Å². The van der Waals surface area contributed by atoms with E-state index in [1.807, 2.05) is 0 Å². The molecule has 0 aliphatic carbocycles. The molecule has 27 heavy (non-hydrogen) atoms. The standard InChI is InChI=1S/C19H29N7O/c1-24-16(14-25-10-4-3-5-11-25)22-23-17(24)15-7-6-12-26(13-15)18-19(27-2)21-9-8-20-18/h8-9,15H,3-7,10-14H2,1-2H3/t15-/m1/s1. The third kappa shape index (κ3) is 3.90. The van der Waals surface area contributed by atoms with Crippen molar-refractivity contribution in [1.29, 1.82) is 0 Å². The van der Waals surface area contributed by atoms with Crippen LogP contribution in [0.4, 0.5) is 5.82 Å². The number of methoxy groups -OCH3 is 1. The first kappa shape index (κ1) is 18.2. The monoisotopic (exact) mass is 371 g/mol. The molecule has 2 aromatic rings. The summed E-state index contributed by atoms with van der Waals surface area (Å²) in [6.07, 6.45) is 9.54. The van der Waals surface area contributed by atoms with Gasteiger partial charge in [0.2, 0.25) is 0 Å². The Kier molecular flexibility index (Phi) is 5.52. The molecule has 1 atom stereocenters. The van der Waals surface area contributed by atoms with Crippen LogP contribution in [-0.4, -0.2) is 62.9 Å². The van der Waals surface area contributed by atoms with E-state index in [2.05, 4.69) is 41.6 Å². The molecule has 2 aliphatic heterocycles. The molecule has 0 radical (unpaired) electrons. The lowest BCUT2D eigenvalue weighted by molar-refractivity contribution is 0.213. The molecule has 8 heteroatoms. The van der Waals surface area contributed by atoms with Crippen molar-refractivity contribution in [2.24, 2.45) is 7.05 Å². The Hall–Kier alpha value is -2.22. The van der Waals surface area contributed by atoms with Gasteiger partial charge in [0.05, 0.1) is 13.7 Å². The zero-order chi connectivity index (χ0) is 18.6. The van der Waals surface area contributed by atoms with Gasteiger partial charge < -0.3 is 14.2 Å². The van der Waals surface area contributed by atoms with Crippen LogP contribution in [0.2, 0.25) is 0 Å². The molecular formula is C19H29N7O. The minimum atomic E-state index is 0.345. The molecule has 4 rings (SSSR count). The molecule has 2 fully saturated rings. The number of likely N-dealkylation sites (tertiary alicyclic amines) is 1. The Bertz CT molecular complexity index is 756. The van der Waals surface area contributed by atoms with E-state index in [1.54, 1.807) is 19.5 Å². The van der Waals surface area contributed by atoms with Crippen LogP contribution < -0.4 is 9.64 Å². The van der Waals surface area contributed by atoms with Gasteiger partial charge in [-0.3, -0.25) is 4.90 Å². The second-order valence-electron chi connectivity index (χ2n) is 7.54. The van der Waals surface area contributed by atoms with Crippen LogP contribution in [0.1, 0.15) is 49.7 Å². The van der Waals surface area contributed by atoms with Gasteiger partial charge in [0, 0.05) is 38.4 Å². The molecule has 2 aliphatic rings. The molecule has 0 N–H and O–H groups in total. The summed E-state index contributed by atoms with van der Waals surface area (Å²) in [5, 5.41) is 9.08. The number of nitrogens with zero attached hydrogens (tertiary/aromatic N) is 7. The fourth-order valence-corrected chi connectivity index (χ4v) is 4.25. The van der Waals surface area contributed by atoms with E-state index in [0.717, 1.165) is 49.9 Å². The average molecular weight is 371 g/mol. The van der Waals surface area contributed by atoms with Gasteiger partial charge in [0.1, 0.15) is 11.6 Å². The number of hydrogen-bond acceptors (Lipinski definition) is 7. The van der Waals surface area contributed by atoms with Gasteiger partial charge in [-0.05, 0) is 38.8 Å². The minimum Gasteiger partial charge on any atom is -0.478 e. The summed E-state index contributed by atoms with van der Waals surface area (Å²) in [4.78, 5) is 13.5. The lowest BCUT2D eigenvalue weighted by Gasteiger charge is -2.33. The first-order valence-corrected chi connectivity index (χ1v) is 9.96. The third-order valence-electron chi connectivity index (χ3n) is 5.74. The van der Waals surface area contributed by atoms with Crippen molar-refractivity contribution in [2.45, 2.75) is 44.6 Å². The van der Waals surface area contributed by atoms with E-state index in [1.165, 1.54) is 32.4 Å². The van der Waals surface area contributed by atoms with Crippen LogP contribution in [0, 0.1) is 0 Å². The SMILES string of the molecule is COc1nccnc1N1CCC[C@@H](c2nnc(CN3CCCCC3)n2C)C1.